The number of benzene rings is 1. The largest absolute Gasteiger partial charge is 0.507 e. The molecule has 4 heteroatoms. The molecule has 28 heavy (non-hydrogen) atoms. The van der Waals surface area contributed by atoms with Crippen LogP contribution in [0.25, 0.3) is 5.57 Å². The van der Waals surface area contributed by atoms with Crippen molar-refractivity contribution < 1.29 is 5.11 Å². The van der Waals surface area contributed by atoms with E-state index in [9.17, 15) is 5.11 Å². The van der Waals surface area contributed by atoms with Gasteiger partial charge in [-0.2, -0.15) is 0 Å². The van der Waals surface area contributed by atoms with Crippen LogP contribution in [0.2, 0.25) is 0 Å². The van der Waals surface area contributed by atoms with Gasteiger partial charge in [0.15, 0.2) is 0 Å². The van der Waals surface area contributed by atoms with Gasteiger partial charge in [-0.3, -0.25) is 0 Å². The Hall–Kier alpha value is -1.94. The van der Waals surface area contributed by atoms with Gasteiger partial charge >= 0.3 is 0 Å². The first-order valence-electron chi connectivity index (χ1n) is 9.92. The summed E-state index contributed by atoms with van der Waals surface area (Å²) in [5, 5.41) is 10.2. The van der Waals surface area contributed by atoms with E-state index in [2.05, 4.69) is 79.8 Å². The second kappa shape index (κ2) is 11.8. The number of hydrogen-bond acceptors (Lipinski definition) is 3. The minimum Gasteiger partial charge on any atom is -0.507 e. The normalized spacial score (nSPS) is 12.6. The second-order valence-electron chi connectivity index (χ2n) is 7.08. The quantitative estimate of drug-likeness (QED) is 0.374. The molecular weight excluding hydrogens is 412 g/mol. The highest BCUT2D eigenvalue weighted by Crippen LogP contribution is 2.29. The molecule has 0 saturated heterocycles. The van der Waals surface area contributed by atoms with E-state index in [1.165, 1.54) is 0 Å². The zero-order valence-corrected chi connectivity index (χ0v) is 19.6. The molecule has 0 radical (unpaired) electrons. The van der Waals surface area contributed by atoms with E-state index in [-0.39, 0.29) is 5.75 Å². The fourth-order valence-corrected chi connectivity index (χ4v) is 3.54. The fourth-order valence-electron chi connectivity index (χ4n) is 3.28. The first-order chi connectivity index (χ1) is 13.3. The van der Waals surface area contributed by atoms with Crippen LogP contribution in [-0.4, -0.2) is 35.0 Å². The molecule has 3 nitrogen and oxygen atoms in total. The SMILES string of the molecule is C=C/C(Br)=C(/C)N(C)/C(=C\C(=C)c1ccccc1O)N(C)C(CCC)CCC. The molecule has 1 rings (SSSR count). The van der Waals surface area contributed by atoms with E-state index in [4.69, 9.17) is 0 Å². The number of para-hydroxylation sites is 1. The van der Waals surface area contributed by atoms with Crippen molar-refractivity contribution in [2.75, 3.05) is 14.1 Å². The summed E-state index contributed by atoms with van der Waals surface area (Å²) in [5.74, 6) is 1.28. The van der Waals surface area contributed by atoms with Crippen molar-refractivity contribution in [3.8, 4) is 5.75 Å². The van der Waals surface area contributed by atoms with Crippen LogP contribution >= 0.6 is 15.9 Å². The Morgan fingerprint density at radius 2 is 1.75 bits per heavy atom. The average Bonchev–Trinajstić information content (AvgIpc) is 2.69. The Bertz CT molecular complexity index is 730. The van der Waals surface area contributed by atoms with Gasteiger partial charge in [0.05, 0.1) is 0 Å². The Morgan fingerprint density at radius 3 is 2.25 bits per heavy atom. The number of nitrogens with zero attached hydrogens (tertiary/aromatic N) is 2. The smallest absolute Gasteiger partial charge is 0.123 e. The minimum absolute atomic E-state index is 0.242. The molecule has 0 heterocycles. The summed E-state index contributed by atoms with van der Waals surface area (Å²) in [6.07, 6.45) is 8.39. The van der Waals surface area contributed by atoms with E-state index in [1.807, 2.05) is 18.2 Å². The number of hydrogen-bond donors (Lipinski definition) is 1. The predicted octanol–water partition coefficient (Wildman–Crippen LogP) is 6.89. The Morgan fingerprint density at radius 1 is 1.18 bits per heavy atom. The summed E-state index contributed by atoms with van der Waals surface area (Å²) < 4.78 is 0.949. The minimum atomic E-state index is 0.242. The van der Waals surface area contributed by atoms with Crippen molar-refractivity contribution in [3.63, 3.8) is 0 Å². The van der Waals surface area contributed by atoms with Gasteiger partial charge in [0.1, 0.15) is 11.6 Å². The molecule has 0 bridgehead atoms. The molecule has 1 N–H and O–H groups in total. The first-order valence-corrected chi connectivity index (χ1v) is 10.7. The average molecular weight is 447 g/mol. The van der Waals surface area contributed by atoms with Gasteiger partial charge in [0.25, 0.3) is 0 Å². The molecule has 154 valence electrons. The molecule has 0 aliphatic heterocycles. The van der Waals surface area contributed by atoms with Gasteiger partial charge in [-0.1, -0.05) is 64.1 Å². The van der Waals surface area contributed by atoms with Crippen LogP contribution in [-0.2, 0) is 0 Å². The predicted molar refractivity (Wildman–Crippen MR) is 126 cm³/mol. The van der Waals surface area contributed by atoms with Crippen molar-refractivity contribution in [3.05, 3.63) is 71.1 Å². The molecule has 0 aliphatic rings. The first kappa shape index (κ1) is 24.1. The van der Waals surface area contributed by atoms with Crippen molar-refractivity contribution in [2.45, 2.75) is 52.5 Å². The van der Waals surface area contributed by atoms with E-state index in [1.54, 1.807) is 12.1 Å². The summed E-state index contributed by atoms with van der Waals surface area (Å²) in [4.78, 5) is 4.49. The van der Waals surface area contributed by atoms with Gasteiger partial charge in [-0.25, -0.2) is 0 Å². The Balaban J connectivity index is 3.43. The molecule has 0 atom stereocenters. The van der Waals surface area contributed by atoms with Gasteiger partial charge in [-0.15, -0.1) is 0 Å². The third kappa shape index (κ3) is 6.30. The molecule has 0 unspecified atom stereocenters. The van der Waals surface area contributed by atoms with Crippen LogP contribution in [0.1, 0.15) is 52.0 Å². The lowest BCUT2D eigenvalue weighted by molar-refractivity contribution is 0.214. The van der Waals surface area contributed by atoms with Gasteiger partial charge in [0.2, 0.25) is 0 Å². The number of allylic oxidation sites excluding steroid dienone is 5. The van der Waals surface area contributed by atoms with E-state index >= 15 is 0 Å². The lowest BCUT2D eigenvalue weighted by Crippen LogP contribution is -2.37. The molecule has 1 aromatic rings. The summed E-state index contributed by atoms with van der Waals surface area (Å²) in [7, 11) is 4.20. The number of halogens is 1. The molecule has 0 amide bonds. The van der Waals surface area contributed by atoms with Gasteiger partial charge < -0.3 is 14.9 Å². The maximum Gasteiger partial charge on any atom is 0.123 e. The molecule has 0 spiro atoms. The van der Waals surface area contributed by atoms with Crippen LogP contribution in [0, 0.1) is 0 Å². The number of phenols is 1. The molecule has 0 aromatic heterocycles. The van der Waals surface area contributed by atoms with Crippen LogP contribution in [0.3, 0.4) is 0 Å². The lowest BCUT2D eigenvalue weighted by atomic mass is 10.0. The molecular formula is C24H35BrN2O. The monoisotopic (exact) mass is 446 g/mol. The van der Waals surface area contributed by atoms with E-state index in [0.717, 1.165) is 52.8 Å². The highest BCUT2D eigenvalue weighted by atomic mass is 79.9. The van der Waals surface area contributed by atoms with Gasteiger partial charge in [0, 0.05) is 35.9 Å². The number of rotatable bonds is 11. The zero-order valence-electron chi connectivity index (χ0n) is 18.0. The number of aromatic hydroxyl groups is 1. The van der Waals surface area contributed by atoms with Crippen molar-refractivity contribution in [1.82, 2.24) is 9.80 Å². The fraction of sp³-hybridized carbons (Fsp3) is 0.417. The summed E-state index contributed by atoms with van der Waals surface area (Å²) in [6.45, 7) is 14.6. The highest BCUT2D eigenvalue weighted by Gasteiger charge is 2.21. The zero-order chi connectivity index (χ0) is 21.3. The van der Waals surface area contributed by atoms with E-state index < -0.39 is 0 Å². The van der Waals surface area contributed by atoms with Crippen LogP contribution in [0.4, 0.5) is 0 Å². The highest BCUT2D eigenvalue weighted by molar-refractivity contribution is 9.11. The third-order valence-corrected chi connectivity index (χ3v) is 5.98. The Labute approximate surface area is 179 Å². The summed E-state index contributed by atoms with van der Waals surface area (Å²) in [6, 6.07) is 7.76. The van der Waals surface area contributed by atoms with Crippen LogP contribution in [0.5, 0.6) is 5.75 Å². The van der Waals surface area contributed by atoms with Gasteiger partial charge in [-0.05, 0) is 53.4 Å². The maximum atomic E-state index is 10.2. The lowest BCUT2D eigenvalue weighted by Gasteiger charge is -2.37. The van der Waals surface area contributed by atoms with Crippen molar-refractivity contribution in [2.24, 2.45) is 0 Å². The van der Waals surface area contributed by atoms with E-state index in [0.29, 0.717) is 6.04 Å². The summed E-state index contributed by atoms with van der Waals surface area (Å²) >= 11 is 3.59. The van der Waals surface area contributed by atoms with Crippen molar-refractivity contribution >= 4 is 21.5 Å². The standard InChI is InChI=1S/C24H35BrN2O/c1-8-13-20(14-9-2)27(7)24(26(6)19(5)22(25)10-3)17-18(4)21-15-11-12-16-23(21)28/h10-12,15-17,20,28H,3-4,8-9,13-14H2,1-2,5-7H3/b22-19+,24-17+. The van der Waals surface area contributed by atoms with Crippen molar-refractivity contribution in [1.29, 1.82) is 0 Å². The maximum absolute atomic E-state index is 10.2. The molecule has 0 fully saturated rings. The van der Waals surface area contributed by atoms with Crippen LogP contribution < -0.4 is 0 Å². The summed E-state index contributed by atoms with van der Waals surface area (Å²) in [5.41, 5.74) is 2.58. The Kier molecular flexibility index (Phi) is 10.2. The topological polar surface area (TPSA) is 26.7 Å². The molecule has 0 aliphatic carbocycles. The second-order valence-corrected chi connectivity index (χ2v) is 7.94. The van der Waals surface area contributed by atoms with Crippen LogP contribution in [0.15, 0.2) is 65.6 Å². The molecule has 0 saturated carbocycles. The number of phenolic OH excluding ortho intramolecular Hbond substituents is 1. The third-order valence-electron chi connectivity index (χ3n) is 5.08. The molecule has 1 aromatic carbocycles.